The van der Waals surface area contributed by atoms with Gasteiger partial charge in [0.05, 0.1) is 5.69 Å². The van der Waals surface area contributed by atoms with Crippen LogP contribution in [0.1, 0.15) is 12.6 Å². The van der Waals surface area contributed by atoms with Gasteiger partial charge in [-0.3, -0.25) is 5.10 Å². The number of hydrogen-bond donors (Lipinski definition) is 1. The van der Waals surface area contributed by atoms with Crippen LogP contribution in [0.4, 0.5) is 0 Å². The number of rotatable bonds is 2. The van der Waals surface area contributed by atoms with Gasteiger partial charge in [0.25, 0.3) is 0 Å². The van der Waals surface area contributed by atoms with E-state index in [0.29, 0.717) is 0 Å². The molecule has 0 aliphatic heterocycles. The van der Waals surface area contributed by atoms with E-state index in [1.165, 1.54) is 5.69 Å². The molecule has 3 heteroatoms. The number of nitrogens with one attached hydrogen (secondary N) is 1. The fraction of sp³-hybridized carbons (Fsp3) is 0.182. The van der Waals surface area contributed by atoms with E-state index >= 15 is 0 Å². The Balaban J connectivity index is 2.34. The van der Waals surface area contributed by atoms with Crippen LogP contribution >= 0.6 is 15.9 Å². The molecule has 0 atom stereocenters. The molecule has 2 rings (SSSR count). The molecule has 0 amide bonds. The summed E-state index contributed by atoms with van der Waals surface area (Å²) in [6.45, 7) is 2.11. The first-order chi connectivity index (χ1) is 6.79. The van der Waals surface area contributed by atoms with Gasteiger partial charge in [0.15, 0.2) is 0 Å². The monoisotopic (exact) mass is 250 g/mol. The van der Waals surface area contributed by atoms with E-state index in [1.54, 1.807) is 0 Å². The highest BCUT2D eigenvalue weighted by molar-refractivity contribution is 9.10. The van der Waals surface area contributed by atoms with Gasteiger partial charge in [0.1, 0.15) is 0 Å². The second-order valence-corrected chi connectivity index (χ2v) is 4.05. The van der Waals surface area contributed by atoms with Crippen molar-refractivity contribution in [2.75, 3.05) is 0 Å². The van der Waals surface area contributed by atoms with Crippen molar-refractivity contribution < 1.29 is 0 Å². The van der Waals surface area contributed by atoms with Crippen LogP contribution in [0, 0.1) is 0 Å². The standard InChI is InChI=1S/C11H11BrN2/c1-2-10-7-11(14-13-10)8-3-5-9(12)6-4-8/h3-7H,2H2,1H3,(H,13,14). The van der Waals surface area contributed by atoms with Gasteiger partial charge in [-0.2, -0.15) is 5.10 Å². The number of H-pyrrole nitrogens is 1. The average Bonchev–Trinajstić information content (AvgIpc) is 2.67. The van der Waals surface area contributed by atoms with Gasteiger partial charge >= 0.3 is 0 Å². The predicted molar refractivity (Wildman–Crippen MR) is 61.1 cm³/mol. The Morgan fingerprint density at radius 3 is 2.57 bits per heavy atom. The Bertz CT molecular complexity index is 417. The molecule has 0 unspecified atom stereocenters. The van der Waals surface area contributed by atoms with Crippen LogP contribution in [0.15, 0.2) is 34.8 Å². The van der Waals surface area contributed by atoms with Crippen molar-refractivity contribution in [3.8, 4) is 11.3 Å². The summed E-state index contributed by atoms with van der Waals surface area (Å²) in [7, 11) is 0. The maximum absolute atomic E-state index is 4.25. The third-order valence-electron chi connectivity index (χ3n) is 2.15. The van der Waals surface area contributed by atoms with Crippen LogP contribution in [0.25, 0.3) is 11.3 Å². The molecule has 0 radical (unpaired) electrons. The van der Waals surface area contributed by atoms with Crippen LogP contribution in [-0.4, -0.2) is 10.2 Å². The SMILES string of the molecule is CCc1cc(-c2ccc(Br)cc2)n[nH]1. The number of aryl methyl sites for hydroxylation is 1. The van der Waals surface area contributed by atoms with Gasteiger partial charge in [-0.15, -0.1) is 0 Å². The minimum atomic E-state index is 0.990. The van der Waals surface area contributed by atoms with Crippen molar-refractivity contribution in [2.24, 2.45) is 0 Å². The molecule has 0 spiro atoms. The third-order valence-corrected chi connectivity index (χ3v) is 2.68. The van der Waals surface area contributed by atoms with Gasteiger partial charge < -0.3 is 0 Å². The highest BCUT2D eigenvalue weighted by atomic mass is 79.9. The Labute approximate surface area is 91.5 Å². The quantitative estimate of drug-likeness (QED) is 0.870. The minimum Gasteiger partial charge on any atom is -0.282 e. The van der Waals surface area contributed by atoms with Gasteiger partial charge in [0, 0.05) is 15.7 Å². The summed E-state index contributed by atoms with van der Waals surface area (Å²) in [6.07, 6.45) is 0.990. The molecule has 72 valence electrons. The van der Waals surface area contributed by atoms with E-state index in [0.717, 1.165) is 22.2 Å². The van der Waals surface area contributed by atoms with E-state index in [9.17, 15) is 0 Å². The van der Waals surface area contributed by atoms with Crippen molar-refractivity contribution in [1.82, 2.24) is 10.2 Å². The lowest BCUT2D eigenvalue weighted by molar-refractivity contribution is 0.976. The highest BCUT2D eigenvalue weighted by Crippen LogP contribution is 2.20. The lowest BCUT2D eigenvalue weighted by Crippen LogP contribution is -1.77. The lowest BCUT2D eigenvalue weighted by atomic mass is 10.1. The molecule has 1 heterocycles. The topological polar surface area (TPSA) is 28.7 Å². The summed E-state index contributed by atoms with van der Waals surface area (Å²) in [4.78, 5) is 0. The Hall–Kier alpha value is -1.09. The van der Waals surface area contributed by atoms with E-state index in [1.807, 2.05) is 12.1 Å². The zero-order valence-electron chi connectivity index (χ0n) is 7.92. The summed E-state index contributed by atoms with van der Waals surface area (Å²) < 4.78 is 1.09. The maximum Gasteiger partial charge on any atom is 0.0923 e. The second-order valence-electron chi connectivity index (χ2n) is 3.14. The molecular weight excluding hydrogens is 240 g/mol. The fourth-order valence-electron chi connectivity index (χ4n) is 1.31. The number of benzene rings is 1. The van der Waals surface area contributed by atoms with Crippen LogP contribution in [0.3, 0.4) is 0 Å². The van der Waals surface area contributed by atoms with Gasteiger partial charge in [-0.25, -0.2) is 0 Å². The molecular formula is C11H11BrN2. The molecule has 2 nitrogen and oxygen atoms in total. The molecule has 0 saturated heterocycles. The molecule has 1 aromatic carbocycles. The molecule has 1 aromatic heterocycles. The number of aromatic amines is 1. The van der Waals surface area contributed by atoms with Gasteiger partial charge in [-0.05, 0) is 24.6 Å². The molecule has 0 bridgehead atoms. The van der Waals surface area contributed by atoms with Crippen molar-refractivity contribution >= 4 is 15.9 Å². The molecule has 1 N–H and O–H groups in total. The Kier molecular flexibility index (Phi) is 2.68. The highest BCUT2D eigenvalue weighted by Gasteiger charge is 2.01. The third kappa shape index (κ3) is 1.87. The van der Waals surface area contributed by atoms with Gasteiger partial charge in [-0.1, -0.05) is 35.0 Å². The number of hydrogen-bond acceptors (Lipinski definition) is 1. The van der Waals surface area contributed by atoms with Crippen molar-refractivity contribution in [3.63, 3.8) is 0 Å². The van der Waals surface area contributed by atoms with E-state index in [-0.39, 0.29) is 0 Å². The van der Waals surface area contributed by atoms with E-state index < -0.39 is 0 Å². The maximum atomic E-state index is 4.25. The first-order valence-electron chi connectivity index (χ1n) is 4.60. The van der Waals surface area contributed by atoms with Crippen LogP contribution < -0.4 is 0 Å². The van der Waals surface area contributed by atoms with Crippen molar-refractivity contribution in [1.29, 1.82) is 0 Å². The molecule has 0 saturated carbocycles. The molecule has 0 aliphatic rings. The lowest BCUT2D eigenvalue weighted by Gasteiger charge is -1.95. The van der Waals surface area contributed by atoms with Crippen LogP contribution in [0.5, 0.6) is 0 Å². The fourth-order valence-corrected chi connectivity index (χ4v) is 1.58. The van der Waals surface area contributed by atoms with Crippen LogP contribution in [-0.2, 0) is 6.42 Å². The van der Waals surface area contributed by atoms with E-state index in [4.69, 9.17) is 0 Å². The first kappa shape index (κ1) is 9.46. The normalized spacial score (nSPS) is 10.4. The molecule has 14 heavy (non-hydrogen) atoms. The Morgan fingerprint density at radius 1 is 1.29 bits per heavy atom. The number of nitrogens with zero attached hydrogens (tertiary/aromatic N) is 1. The summed E-state index contributed by atoms with van der Waals surface area (Å²) in [5, 5.41) is 7.25. The summed E-state index contributed by atoms with van der Waals surface area (Å²) in [5.41, 5.74) is 3.32. The number of aromatic nitrogens is 2. The predicted octanol–water partition coefficient (Wildman–Crippen LogP) is 3.40. The second kappa shape index (κ2) is 3.96. The first-order valence-corrected chi connectivity index (χ1v) is 5.39. The summed E-state index contributed by atoms with van der Waals surface area (Å²) in [6, 6.07) is 10.2. The zero-order chi connectivity index (χ0) is 9.97. The van der Waals surface area contributed by atoms with Gasteiger partial charge in [0.2, 0.25) is 0 Å². The molecule has 0 aliphatic carbocycles. The van der Waals surface area contributed by atoms with E-state index in [2.05, 4.69) is 51.3 Å². The van der Waals surface area contributed by atoms with Crippen molar-refractivity contribution in [3.05, 3.63) is 40.5 Å². The average molecular weight is 251 g/mol. The largest absolute Gasteiger partial charge is 0.282 e. The zero-order valence-corrected chi connectivity index (χ0v) is 9.51. The van der Waals surface area contributed by atoms with Crippen molar-refractivity contribution in [2.45, 2.75) is 13.3 Å². The summed E-state index contributed by atoms with van der Waals surface area (Å²) >= 11 is 3.41. The number of halogens is 1. The minimum absolute atomic E-state index is 0.990. The smallest absolute Gasteiger partial charge is 0.0923 e. The van der Waals surface area contributed by atoms with Crippen LogP contribution in [0.2, 0.25) is 0 Å². The Morgan fingerprint density at radius 2 is 2.00 bits per heavy atom. The molecule has 0 fully saturated rings. The molecule has 2 aromatic rings. The summed E-state index contributed by atoms with van der Waals surface area (Å²) in [5.74, 6) is 0.